The second-order valence-electron chi connectivity index (χ2n) is 9.13. The summed E-state index contributed by atoms with van der Waals surface area (Å²) in [4.78, 5) is 23.3. The summed E-state index contributed by atoms with van der Waals surface area (Å²) in [6.07, 6.45) is 14.9. The largest absolute Gasteiger partial charge is 0.508 e. The van der Waals surface area contributed by atoms with E-state index in [1.54, 1.807) is 0 Å². The van der Waals surface area contributed by atoms with Crippen molar-refractivity contribution in [3.8, 4) is 12.3 Å². The van der Waals surface area contributed by atoms with E-state index in [9.17, 15) is 14.3 Å². The van der Waals surface area contributed by atoms with Crippen molar-refractivity contribution in [3.05, 3.63) is 12.4 Å². The van der Waals surface area contributed by atoms with Gasteiger partial charge in [0.05, 0.1) is 12.9 Å². The summed E-state index contributed by atoms with van der Waals surface area (Å²) in [6.45, 7) is 2.06. The number of aliphatic hydroxyl groups excluding tert-OH is 1. The number of fused-ring (bicyclic) bond motifs is 1. The van der Waals surface area contributed by atoms with Crippen LogP contribution in [0.2, 0.25) is 0 Å². The molecule has 0 radical (unpaired) electrons. The van der Waals surface area contributed by atoms with Crippen LogP contribution in [0, 0.1) is 18.4 Å². The summed E-state index contributed by atoms with van der Waals surface area (Å²) >= 11 is 0. The van der Waals surface area contributed by atoms with Gasteiger partial charge in [-0.05, 0) is 6.42 Å². The number of terminal acetylenes is 1. The van der Waals surface area contributed by atoms with Crippen molar-refractivity contribution in [3.63, 3.8) is 0 Å². The van der Waals surface area contributed by atoms with Crippen LogP contribution in [0.1, 0.15) is 83.8 Å². The second kappa shape index (κ2) is 13.4. The first kappa shape index (κ1) is 27.6. The fourth-order valence-electron chi connectivity index (χ4n) is 4.30. The molecule has 0 aromatic carbocycles. The number of hydrogen-bond donors (Lipinski definition) is 2. The average Bonchev–Trinajstić information content (AvgIpc) is 3.42. The average molecular weight is 506 g/mol. The van der Waals surface area contributed by atoms with E-state index in [0.29, 0.717) is 0 Å². The number of halogens is 1. The summed E-state index contributed by atoms with van der Waals surface area (Å²) in [5.74, 6) is 2.27. The van der Waals surface area contributed by atoms with E-state index >= 15 is 0 Å². The quantitative estimate of drug-likeness (QED) is 0.167. The van der Waals surface area contributed by atoms with Crippen molar-refractivity contribution >= 4 is 23.1 Å². The van der Waals surface area contributed by atoms with Gasteiger partial charge in [-0.25, -0.2) is 9.78 Å². The van der Waals surface area contributed by atoms with Crippen molar-refractivity contribution in [2.24, 2.45) is 0 Å². The van der Waals surface area contributed by atoms with Gasteiger partial charge in [-0.1, -0.05) is 70.6 Å². The highest BCUT2D eigenvalue weighted by Crippen LogP contribution is 2.38. The van der Waals surface area contributed by atoms with Crippen LogP contribution in [0.15, 0.2) is 6.33 Å². The normalized spacial score (nSPS) is 21.5. The zero-order chi connectivity index (χ0) is 26.0. The Labute approximate surface area is 210 Å². The lowest BCUT2D eigenvalue weighted by molar-refractivity contribution is -0.0980. The molecule has 1 aliphatic rings. The van der Waals surface area contributed by atoms with E-state index in [0.717, 1.165) is 19.3 Å². The Hall–Kier alpha value is -2.97. The van der Waals surface area contributed by atoms with Crippen LogP contribution in [-0.2, 0) is 14.2 Å². The minimum Gasteiger partial charge on any atom is -0.434 e. The Kier molecular flexibility index (Phi) is 10.3. The van der Waals surface area contributed by atoms with Crippen molar-refractivity contribution in [1.82, 2.24) is 19.5 Å². The molecule has 3 atom stereocenters. The lowest BCUT2D eigenvalue weighted by Gasteiger charge is -2.25. The molecule has 0 unspecified atom stereocenters. The van der Waals surface area contributed by atoms with Gasteiger partial charge in [0.15, 0.2) is 22.6 Å². The number of carbonyl (C=O) groups excluding carboxylic acids is 1. The maximum Gasteiger partial charge on any atom is 0.508 e. The van der Waals surface area contributed by atoms with Crippen LogP contribution < -0.4 is 5.73 Å². The molecule has 3 heterocycles. The Morgan fingerprint density at radius 2 is 1.89 bits per heavy atom. The number of unbranched alkanes of at least 4 members (excludes halogenated alkanes) is 9. The highest BCUT2D eigenvalue weighted by molar-refractivity contribution is 5.81. The molecule has 11 heteroatoms. The molecule has 0 aliphatic carbocycles. The van der Waals surface area contributed by atoms with E-state index in [4.69, 9.17) is 26.4 Å². The molecule has 2 aromatic heterocycles. The van der Waals surface area contributed by atoms with Crippen molar-refractivity contribution < 1.29 is 28.5 Å². The number of hydrogen-bond acceptors (Lipinski definition) is 9. The third-order valence-corrected chi connectivity index (χ3v) is 6.41. The van der Waals surface area contributed by atoms with Crippen molar-refractivity contribution in [2.45, 2.75) is 95.5 Å². The van der Waals surface area contributed by atoms with Crippen molar-refractivity contribution in [2.75, 3.05) is 18.9 Å². The predicted octanol–water partition coefficient (Wildman–Crippen LogP) is 4.27. The first-order valence-corrected chi connectivity index (χ1v) is 12.7. The number of nitrogens with two attached hydrogens (primary N) is 1. The molecule has 1 fully saturated rings. The number of rotatable bonds is 14. The van der Waals surface area contributed by atoms with Gasteiger partial charge in [-0.15, -0.1) is 6.42 Å². The Bertz CT molecular complexity index is 1040. The predicted molar refractivity (Wildman–Crippen MR) is 131 cm³/mol. The Balaban J connectivity index is 1.40. The first-order valence-electron chi connectivity index (χ1n) is 12.7. The maximum absolute atomic E-state index is 13.7. The molecular weight excluding hydrogens is 469 g/mol. The van der Waals surface area contributed by atoms with Crippen LogP contribution in [0.25, 0.3) is 11.2 Å². The van der Waals surface area contributed by atoms with Gasteiger partial charge >= 0.3 is 12.2 Å². The fraction of sp³-hybridized carbons (Fsp3) is 0.680. The summed E-state index contributed by atoms with van der Waals surface area (Å²) in [5, 5.41) is 10.6. The van der Waals surface area contributed by atoms with E-state index in [-0.39, 0.29) is 30.0 Å². The molecule has 1 saturated heterocycles. The number of aliphatic hydroxyl groups is 1. The topological polar surface area (TPSA) is 135 Å². The van der Waals surface area contributed by atoms with Crippen LogP contribution in [0.5, 0.6) is 0 Å². The summed E-state index contributed by atoms with van der Waals surface area (Å²) in [6, 6.07) is 0. The van der Waals surface area contributed by atoms with Crippen LogP contribution in [0.3, 0.4) is 0 Å². The number of imidazole rings is 1. The number of aromatic nitrogens is 4. The van der Waals surface area contributed by atoms with Gasteiger partial charge in [0, 0.05) is 6.42 Å². The van der Waals surface area contributed by atoms with Gasteiger partial charge in [0.25, 0.3) is 0 Å². The van der Waals surface area contributed by atoms with E-state index in [1.807, 2.05) is 0 Å². The monoisotopic (exact) mass is 505 g/mol. The third kappa shape index (κ3) is 7.04. The van der Waals surface area contributed by atoms with Gasteiger partial charge in [0.1, 0.15) is 18.9 Å². The molecule has 0 spiro atoms. The number of nitrogen functional groups attached to an aromatic ring is 1. The van der Waals surface area contributed by atoms with Crippen LogP contribution >= 0.6 is 0 Å². The van der Waals surface area contributed by atoms with Crippen LogP contribution in [-0.4, -0.2) is 55.7 Å². The molecule has 36 heavy (non-hydrogen) atoms. The molecule has 1 aliphatic heterocycles. The van der Waals surface area contributed by atoms with Gasteiger partial charge in [-0.3, -0.25) is 4.57 Å². The zero-order valence-electron chi connectivity index (χ0n) is 20.8. The molecule has 10 nitrogen and oxygen atoms in total. The van der Waals surface area contributed by atoms with Gasteiger partial charge in [0.2, 0.25) is 0 Å². The minimum absolute atomic E-state index is 0.0399. The van der Waals surface area contributed by atoms with Gasteiger partial charge in [-0.2, -0.15) is 14.4 Å². The molecule has 0 saturated carbocycles. The highest BCUT2D eigenvalue weighted by atomic mass is 19.1. The smallest absolute Gasteiger partial charge is 0.434 e. The van der Waals surface area contributed by atoms with E-state index in [2.05, 4.69) is 27.8 Å². The second-order valence-corrected chi connectivity index (χ2v) is 9.13. The molecular formula is C25H36FN5O5. The standard InChI is InChI=1S/C25H36FN5O5/c1-3-5-6-7-8-9-10-11-12-13-14-34-24(33)35-16-25(4-2)18(32)15-19(36-25)31-17-28-20-21(27)29-23(26)30-22(20)31/h2,17-19,32H,3,5-16H2,1H3,(H2,27,29,30)/t18-,19-,25-/m1/s1. The van der Waals surface area contributed by atoms with Crippen LogP contribution in [0.4, 0.5) is 15.0 Å². The number of nitrogens with zero attached hydrogens (tertiary/aromatic N) is 4. The molecule has 0 bridgehead atoms. The molecule has 3 rings (SSSR count). The summed E-state index contributed by atoms with van der Waals surface area (Å²) in [5.41, 5.74) is 4.39. The lowest BCUT2D eigenvalue weighted by atomic mass is 9.99. The fourth-order valence-corrected chi connectivity index (χ4v) is 4.30. The number of carbonyl (C=O) groups is 1. The Morgan fingerprint density at radius 1 is 1.22 bits per heavy atom. The summed E-state index contributed by atoms with van der Waals surface area (Å²) in [7, 11) is 0. The third-order valence-electron chi connectivity index (χ3n) is 6.41. The zero-order valence-corrected chi connectivity index (χ0v) is 20.8. The van der Waals surface area contributed by atoms with Gasteiger partial charge < -0.3 is 25.1 Å². The SMILES string of the molecule is C#C[C@]1(COC(=O)OCCCCCCCCCCCC)O[C@@H](n2cnc3c(N)nc(F)nc32)C[C@H]1O. The molecule has 198 valence electrons. The Morgan fingerprint density at radius 3 is 2.56 bits per heavy atom. The summed E-state index contributed by atoms with van der Waals surface area (Å²) < 4.78 is 31.2. The molecule has 0 amide bonds. The van der Waals surface area contributed by atoms with Crippen molar-refractivity contribution in [1.29, 1.82) is 0 Å². The van der Waals surface area contributed by atoms with E-state index in [1.165, 1.54) is 55.8 Å². The minimum atomic E-state index is -1.60. The molecule has 2 aromatic rings. The number of ether oxygens (including phenoxy) is 3. The molecule has 3 N–H and O–H groups in total. The lowest BCUT2D eigenvalue weighted by Crippen LogP contribution is -2.43. The number of anilines is 1. The van der Waals surface area contributed by atoms with E-state index < -0.39 is 36.8 Å². The highest BCUT2D eigenvalue weighted by Gasteiger charge is 2.49. The maximum atomic E-state index is 13.7. The first-order chi connectivity index (χ1) is 17.4.